The van der Waals surface area contributed by atoms with Gasteiger partial charge in [-0.15, -0.1) is 0 Å². The maximum Gasteiger partial charge on any atom is 0.298 e. The summed E-state index contributed by atoms with van der Waals surface area (Å²) in [4.78, 5) is 32.8. The van der Waals surface area contributed by atoms with Crippen LogP contribution in [0.15, 0.2) is 45.9 Å². The van der Waals surface area contributed by atoms with Gasteiger partial charge in [0, 0.05) is 43.8 Å². The number of benzene rings is 2. The summed E-state index contributed by atoms with van der Waals surface area (Å²) >= 11 is 6.04. The third kappa shape index (κ3) is 5.99. The monoisotopic (exact) mass is 482 g/mol. The number of hydrogen-bond donors (Lipinski definition) is 2. The van der Waals surface area contributed by atoms with Crippen LogP contribution in [0.3, 0.4) is 0 Å². The first-order chi connectivity index (χ1) is 16.3. The topological polar surface area (TPSA) is 115 Å². The minimum Gasteiger partial charge on any atom is -0.423 e. The Morgan fingerprint density at radius 1 is 1.29 bits per heavy atom. The molecule has 1 aromatic heterocycles. The number of amides is 1. The lowest BCUT2D eigenvalue weighted by molar-refractivity contribution is -0.108. The zero-order chi connectivity index (χ0) is 24.7. The van der Waals surface area contributed by atoms with Crippen molar-refractivity contribution in [3.8, 4) is 0 Å². The number of likely N-dealkylation sites (N-methyl/N-ethyl adjacent to an activating group) is 1. The fourth-order valence-electron chi connectivity index (χ4n) is 3.42. The lowest BCUT2D eigenvalue weighted by atomic mass is 10.1. The van der Waals surface area contributed by atoms with E-state index in [1.54, 1.807) is 35.2 Å². The molecule has 3 aromatic rings. The molecule has 0 aliphatic heterocycles. The van der Waals surface area contributed by atoms with Gasteiger partial charge in [0.15, 0.2) is 5.58 Å². The molecule has 0 bridgehead atoms. The molecule has 2 aromatic carbocycles. The Hall–Kier alpha value is -3.72. The minimum atomic E-state index is -0.320. The van der Waals surface area contributed by atoms with Crippen molar-refractivity contribution in [1.82, 2.24) is 9.88 Å². The van der Waals surface area contributed by atoms with E-state index in [-0.39, 0.29) is 18.4 Å². The predicted molar refractivity (Wildman–Crippen MR) is 136 cm³/mol. The molecule has 3 rings (SSSR count). The van der Waals surface area contributed by atoms with Crippen molar-refractivity contribution in [2.45, 2.75) is 26.3 Å². The molecule has 2 N–H and O–H groups in total. The van der Waals surface area contributed by atoms with E-state index < -0.39 is 0 Å². The van der Waals surface area contributed by atoms with Gasteiger partial charge in [-0.2, -0.15) is 10.1 Å². The van der Waals surface area contributed by atoms with Crippen LogP contribution in [0.2, 0.25) is 5.02 Å². The normalized spacial score (nSPS) is 12.0. The Morgan fingerprint density at radius 2 is 2.09 bits per heavy atom. The Morgan fingerprint density at radius 3 is 2.82 bits per heavy atom. The molecule has 0 saturated carbocycles. The number of fused-ring (bicyclic) bond motifs is 1. The van der Waals surface area contributed by atoms with Gasteiger partial charge in [0.25, 0.3) is 11.9 Å². The lowest BCUT2D eigenvalue weighted by Gasteiger charge is -2.30. The number of nitrogens with one attached hydrogen (secondary N) is 2. The summed E-state index contributed by atoms with van der Waals surface area (Å²) in [6.45, 7) is 4.49. The number of aryl methyl sites for hydroxylation is 1. The molecule has 1 atom stereocenters. The van der Waals surface area contributed by atoms with E-state index in [1.807, 2.05) is 31.9 Å². The van der Waals surface area contributed by atoms with Crippen LogP contribution in [0.1, 0.15) is 29.3 Å². The maximum absolute atomic E-state index is 13.6. The Kier molecular flexibility index (Phi) is 8.37. The number of halogens is 1. The fraction of sp³-hybridized carbons (Fsp3) is 0.292. The molecular weight excluding hydrogens is 456 g/mol. The van der Waals surface area contributed by atoms with Gasteiger partial charge in [0.1, 0.15) is 11.8 Å². The molecule has 9 nitrogen and oxygen atoms in total. The molecule has 0 aliphatic carbocycles. The minimum absolute atomic E-state index is 0.206. The smallest absolute Gasteiger partial charge is 0.298 e. The van der Waals surface area contributed by atoms with Crippen LogP contribution >= 0.6 is 11.6 Å². The summed E-state index contributed by atoms with van der Waals surface area (Å²) in [5, 5.41) is 11.6. The van der Waals surface area contributed by atoms with Gasteiger partial charge in [0.2, 0.25) is 0 Å². The zero-order valence-corrected chi connectivity index (χ0v) is 20.0. The second-order valence-corrected chi connectivity index (χ2v) is 8.32. The highest BCUT2D eigenvalue weighted by atomic mass is 35.5. The van der Waals surface area contributed by atoms with Gasteiger partial charge < -0.3 is 24.4 Å². The van der Waals surface area contributed by atoms with Crippen LogP contribution in [0.4, 0.5) is 11.7 Å². The Bertz CT molecular complexity index is 1210. The van der Waals surface area contributed by atoms with Crippen molar-refractivity contribution >= 4 is 59.0 Å². The first-order valence-electron chi connectivity index (χ1n) is 10.7. The molecule has 0 saturated heterocycles. The molecule has 34 heavy (non-hydrogen) atoms. The number of anilines is 2. The number of aromatic nitrogens is 1. The third-order valence-corrected chi connectivity index (χ3v) is 5.55. The van der Waals surface area contributed by atoms with Crippen LogP contribution in [0, 0.1) is 12.3 Å². The predicted octanol–water partition coefficient (Wildman–Crippen LogP) is 4.39. The summed E-state index contributed by atoms with van der Waals surface area (Å²) in [7, 11) is 1.82. The van der Waals surface area contributed by atoms with E-state index in [9.17, 15) is 9.59 Å². The van der Waals surface area contributed by atoms with Crippen LogP contribution in [0.5, 0.6) is 0 Å². The molecule has 0 spiro atoms. The highest BCUT2D eigenvalue weighted by molar-refractivity contribution is 6.31. The third-order valence-electron chi connectivity index (χ3n) is 5.31. The molecule has 1 heterocycles. The number of hydrazone groups is 1. The van der Waals surface area contributed by atoms with Crippen molar-refractivity contribution in [3.05, 3.63) is 52.5 Å². The van der Waals surface area contributed by atoms with Crippen molar-refractivity contribution in [2.75, 3.05) is 30.5 Å². The summed E-state index contributed by atoms with van der Waals surface area (Å²) in [6, 6.07) is 10.7. The number of aldehydes is 1. The van der Waals surface area contributed by atoms with Crippen LogP contribution in [0.25, 0.3) is 11.1 Å². The first-order valence-corrected chi connectivity index (χ1v) is 11.1. The summed E-state index contributed by atoms with van der Waals surface area (Å²) in [5.74, 6) is -0.233. The maximum atomic E-state index is 13.6. The second-order valence-electron chi connectivity index (χ2n) is 7.89. The highest BCUT2D eigenvalue weighted by Gasteiger charge is 2.25. The van der Waals surface area contributed by atoms with E-state index in [4.69, 9.17) is 21.4 Å². The molecule has 178 valence electrons. The highest BCUT2D eigenvalue weighted by Crippen LogP contribution is 2.25. The molecule has 10 heteroatoms. The molecule has 0 unspecified atom stereocenters. The molecule has 1 amide bonds. The van der Waals surface area contributed by atoms with Gasteiger partial charge >= 0.3 is 0 Å². The number of nitrogens with zero attached hydrogens (tertiary/aromatic N) is 4. The van der Waals surface area contributed by atoms with E-state index in [0.717, 1.165) is 18.1 Å². The molecule has 0 aliphatic rings. The average molecular weight is 483 g/mol. The summed E-state index contributed by atoms with van der Waals surface area (Å²) in [5.41, 5.74) is 5.94. The van der Waals surface area contributed by atoms with Crippen LogP contribution in [-0.2, 0) is 4.79 Å². The van der Waals surface area contributed by atoms with Gasteiger partial charge in [-0.3, -0.25) is 10.2 Å². The number of carbonyl (C=O) groups excluding carboxylic acids is 2. The average Bonchev–Trinajstić information content (AvgIpc) is 3.23. The lowest BCUT2D eigenvalue weighted by Crippen LogP contribution is -2.43. The van der Waals surface area contributed by atoms with E-state index in [1.165, 1.54) is 6.21 Å². The quantitative estimate of drug-likeness (QED) is 0.238. The van der Waals surface area contributed by atoms with E-state index in [2.05, 4.69) is 15.5 Å². The van der Waals surface area contributed by atoms with Gasteiger partial charge in [-0.25, -0.2) is 0 Å². The SMILES string of the molecule is Cc1ccc(N/N=C\C=N)c(C(=O)N(CCN(C)c2nc3cc(Cl)ccc3o2)[C@H](C)CC=O)c1. The molecule has 0 radical (unpaired) electrons. The Labute approximate surface area is 202 Å². The zero-order valence-electron chi connectivity index (χ0n) is 19.3. The van der Waals surface area contributed by atoms with Gasteiger partial charge in [-0.1, -0.05) is 23.2 Å². The first kappa shape index (κ1) is 24.9. The van der Waals surface area contributed by atoms with Gasteiger partial charge in [-0.05, 0) is 44.2 Å². The fourth-order valence-corrected chi connectivity index (χ4v) is 3.59. The largest absolute Gasteiger partial charge is 0.423 e. The van der Waals surface area contributed by atoms with Crippen molar-refractivity contribution in [3.63, 3.8) is 0 Å². The molecule has 0 fully saturated rings. The van der Waals surface area contributed by atoms with E-state index in [0.29, 0.717) is 46.5 Å². The van der Waals surface area contributed by atoms with Crippen molar-refractivity contribution in [1.29, 1.82) is 5.41 Å². The summed E-state index contributed by atoms with van der Waals surface area (Å²) in [6.07, 6.45) is 3.33. The van der Waals surface area contributed by atoms with Crippen LogP contribution in [-0.4, -0.2) is 60.7 Å². The van der Waals surface area contributed by atoms with E-state index >= 15 is 0 Å². The molecular formula is C24H27ClN6O3. The standard InChI is InChI=1S/C24H27ClN6O3/c1-16-4-6-20(29-27-10-9-26)19(14-16)23(33)31(17(2)8-13-32)12-11-30(3)24-28-21-15-18(25)5-7-22(21)34-24/h4-7,9-10,13-15,17,26,29H,8,11-12H2,1-3H3/b26-9?,27-10-/t17-/m1/s1. The van der Waals surface area contributed by atoms with Gasteiger partial charge in [0.05, 0.1) is 17.5 Å². The van der Waals surface area contributed by atoms with Crippen molar-refractivity contribution in [2.24, 2.45) is 5.10 Å². The number of rotatable bonds is 11. The summed E-state index contributed by atoms with van der Waals surface area (Å²) < 4.78 is 5.81. The Balaban J connectivity index is 1.83. The number of carbonyl (C=O) groups is 2. The second kappa shape index (κ2) is 11.4. The number of oxazole rings is 1. The van der Waals surface area contributed by atoms with Crippen LogP contribution < -0.4 is 10.3 Å². The van der Waals surface area contributed by atoms with Crippen molar-refractivity contribution < 1.29 is 14.0 Å². The number of hydrogen-bond acceptors (Lipinski definition) is 8.